The van der Waals surface area contributed by atoms with E-state index >= 15 is 0 Å². The standard InChI is InChI=1S/C23H27N5O2S/c1-4-16(12-30-3)28-22(29)20-14(2)19-21(26-13-27-23(19)31-20)24-10-9-15-11-25-18-8-6-5-7-17(15)18/h5-8,11,13,16,25H,4,9-10,12H2,1-3H3,(H,28,29)(H,24,26,27). The van der Waals surface area contributed by atoms with E-state index in [-0.39, 0.29) is 11.9 Å². The number of carbonyl (C=O) groups excluding carboxylic acids is 1. The van der Waals surface area contributed by atoms with Crippen LogP contribution in [0.15, 0.2) is 36.8 Å². The van der Waals surface area contributed by atoms with Crippen molar-refractivity contribution in [2.75, 3.05) is 25.6 Å². The Balaban J connectivity index is 1.51. The summed E-state index contributed by atoms with van der Waals surface area (Å²) in [5, 5.41) is 8.66. The van der Waals surface area contributed by atoms with Gasteiger partial charge in [-0.15, -0.1) is 11.3 Å². The second-order valence-corrected chi connectivity index (χ2v) is 8.53. The Morgan fingerprint density at radius 2 is 2.13 bits per heavy atom. The van der Waals surface area contributed by atoms with Crippen LogP contribution in [0.5, 0.6) is 0 Å². The highest BCUT2D eigenvalue weighted by Gasteiger charge is 2.21. The van der Waals surface area contributed by atoms with E-state index in [4.69, 9.17) is 4.74 Å². The maximum Gasteiger partial charge on any atom is 0.262 e. The van der Waals surface area contributed by atoms with Crippen molar-refractivity contribution >= 4 is 44.2 Å². The molecule has 0 spiro atoms. The van der Waals surface area contributed by atoms with E-state index in [2.05, 4.69) is 50.0 Å². The van der Waals surface area contributed by atoms with Gasteiger partial charge in [0.2, 0.25) is 0 Å². The van der Waals surface area contributed by atoms with Crippen molar-refractivity contribution in [3.05, 3.63) is 52.8 Å². The molecule has 0 saturated carbocycles. The Morgan fingerprint density at radius 1 is 1.29 bits per heavy atom. The zero-order chi connectivity index (χ0) is 21.8. The van der Waals surface area contributed by atoms with Gasteiger partial charge in [0.15, 0.2) is 0 Å². The van der Waals surface area contributed by atoms with Crippen LogP contribution in [0.25, 0.3) is 21.1 Å². The summed E-state index contributed by atoms with van der Waals surface area (Å²) in [7, 11) is 1.64. The molecule has 162 valence electrons. The Bertz CT molecular complexity index is 1200. The number of carbonyl (C=O) groups is 1. The number of amides is 1. The third kappa shape index (κ3) is 4.40. The summed E-state index contributed by atoms with van der Waals surface area (Å²) in [6, 6.07) is 8.28. The van der Waals surface area contributed by atoms with Crippen molar-refractivity contribution in [1.82, 2.24) is 20.3 Å². The summed E-state index contributed by atoms with van der Waals surface area (Å²) < 4.78 is 5.20. The minimum atomic E-state index is -0.0888. The fourth-order valence-corrected chi connectivity index (χ4v) is 4.84. The van der Waals surface area contributed by atoms with Crippen molar-refractivity contribution in [1.29, 1.82) is 0 Å². The smallest absolute Gasteiger partial charge is 0.262 e. The molecular weight excluding hydrogens is 410 g/mol. The molecule has 4 rings (SSSR count). The minimum Gasteiger partial charge on any atom is -0.383 e. The number of hydrogen-bond acceptors (Lipinski definition) is 6. The van der Waals surface area contributed by atoms with Crippen molar-refractivity contribution in [2.45, 2.75) is 32.7 Å². The van der Waals surface area contributed by atoms with E-state index in [1.807, 2.05) is 19.9 Å². The fourth-order valence-electron chi connectivity index (χ4n) is 3.79. The van der Waals surface area contributed by atoms with Crippen molar-refractivity contribution in [2.24, 2.45) is 0 Å². The number of aromatic nitrogens is 3. The maximum absolute atomic E-state index is 12.9. The zero-order valence-corrected chi connectivity index (χ0v) is 18.8. The number of H-pyrrole nitrogens is 1. The van der Waals surface area contributed by atoms with Crippen molar-refractivity contribution < 1.29 is 9.53 Å². The molecule has 0 aliphatic carbocycles. The van der Waals surface area contributed by atoms with Gasteiger partial charge >= 0.3 is 0 Å². The van der Waals surface area contributed by atoms with Gasteiger partial charge in [0.25, 0.3) is 5.91 Å². The summed E-state index contributed by atoms with van der Waals surface area (Å²) >= 11 is 1.40. The Kier molecular flexibility index (Phi) is 6.48. The molecule has 1 unspecified atom stereocenters. The first-order chi connectivity index (χ1) is 15.1. The SMILES string of the molecule is CCC(COC)NC(=O)c1sc2ncnc(NCCc3c[nH]c4ccccc34)c2c1C. The van der Waals surface area contributed by atoms with E-state index < -0.39 is 0 Å². The molecule has 0 aliphatic rings. The van der Waals surface area contributed by atoms with Gasteiger partial charge in [0, 0.05) is 30.8 Å². The highest BCUT2D eigenvalue weighted by Crippen LogP contribution is 2.33. The molecule has 3 heterocycles. The average molecular weight is 438 g/mol. The predicted octanol–water partition coefficient (Wildman–Crippen LogP) is 4.29. The van der Waals surface area contributed by atoms with Crippen LogP contribution < -0.4 is 10.6 Å². The van der Waals surface area contributed by atoms with Gasteiger partial charge in [0.05, 0.1) is 22.9 Å². The van der Waals surface area contributed by atoms with Crippen LogP contribution in [-0.2, 0) is 11.2 Å². The molecule has 0 radical (unpaired) electrons. The van der Waals surface area contributed by atoms with Crippen LogP contribution >= 0.6 is 11.3 Å². The third-order valence-electron chi connectivity index (χ3n) is 5.49. The Hall–Kier alpha value is -2.97. The van der Waals surface area contributed by atoms with Crippen LogP contribution in [0.3, 0.4) is 0 Å². The van der Waals surface area contributed by atoms with Gasteiger partial charge in [-0.2, -0.15) is 0 Å². The first-order valence-corrected chi connectivity index (χ1v) is 11.3. The highest BCUT2D eigenvalue weighted by molar-refractivity contribution is 7.20. The van der Waals surface area contributed by atoms with Crippen molar-refractivity contribution in [3.63, 3.8) is 0 Å². The number of methoxy groups -OCH3 is 1. The van der Waals surface area contributed by atoms with E-state index in [0.29, 0.717) is 11.5 Å². The first kappa shape index (κ1) is 21.3. The lowest BCUT2D eigenvalue weighted by molar-refractivity contribution is 0.0898. The fraction of sp³-hybridized carbons (Fsp3) is 0.348. The van der Waals surface area contributed by atoms with Gasteiger partial charge in [-0.05, 0) is 37.0 Å². The van der Waals surface area contributed by atoms with E-state index in [1.54, 1.807) is 13.4 Å². The number of ether oxygens (including phenoxy) is 1. The summed E-state index contributed by atoms with van der Waals surface area (Å²) in [6.45, 7) is 5.21. The van der Waals surface area contributed by atoms with Crippen LogP contribution in [0.1, 0.15) is 34.1 Å². The van der Waals surface area contributed by atoms with E-state index in [9.17, 15) is 4.79 Å². The Labute approximate surface area is 185 Å². The topological polar surface area (TPSA) is 91.9 Å². The molecule has 1 amide bonds. The largest absolute Gasteiger partial charge is 0.383 e. The number of fused-ring (bicyclic) bond motifs is 2. The predicted molar refractivity (Wildman–Crippen MR) is 126 cm³/mol. The highest BCUT2D eigenvalue weighted by atomic mass is 32.1. The summed E-state index contributed by atoms with van der Waals surface area (Å²) in [4.78, 5) is 26.5. The maximum atomic E-state index is 12.9. The average Bonchev–Trinajstić information content (AvgIpc) is 3.35. The second-order valence-electron chi connectivity index (χ2n) is 7.53. The number of nitrogens with zero attached hydrogens (tertiary/aromatic N) is 2. The molecule has 31 heavy (non-hydrogen) atoms. The molecule has 3 N–H and O–H groups in total. The molecule has 8 heteroatoms. The lowest BCUT2D eigenvalue weighted by Gasteiger charge is -2.15. The van der Waals surface area contributed by atoms with E-state index in [0.717, 1.165) is 46.5 Å². The number of thiophene rings is 1. The zero-order valence-electron chi connectivity index (χ0n) is 18.0. The molecule has 1 aromatic carbocycles. The first-order valence-electron chi connectivity index (χ1n) is 10.4. The Morgan fingerprint density at radius 3 is 2.94 bits per heavy atom. The third-order valence-corrected chi connectivity index (χ3v) is 6.69. The van der Waals surface area contributed by atoms with Crippen LogP contribution in [0, 0.1) is 6.92 Å². The number of para-hydroxylation sites is 1. The van der Waals surface area contributed by atoms with Gasteiger partial charge < -0.3 is 20.4 Å². The van der Waals surface area contributed by atoms with Gasteiger partial charge in [-0.3, -0.25) is 4.79 Å². The molecule has 0 aliphatic heterocycles. The van der Waals surface area contributed by atoms with Gasteiger partial charge in [0.1, 0.15) is 17.0 Å². The second kappa shape index (κ2) is 9.45. The molecule has 7 nitrogen and oxygen atoms in total. The number of hydrogen-bond donors (Lipinski definition) is 3. The van der Waals surface area contributed by atoms with Crippen LogP contribution in [0.4, 0.5) is 5.82 Å². The number of anilines is 1. The van der Waals surface area contributed by atoms with Gasteiger partial charge in [-0.1, -0.05) is 25.1 Å². The number of aromatic amines is 1. The summed E-state index contributed by atoms with van der Waals surface area (Å²) in [6.07, 6.45) is 5.28. The molecule has 3 aromatic heterocycles. The molecule has 4 aromatic rings. The molecule has 0 saturated heterocycles. The van der Waals surface area contributed by atoms with Crippen LogP contribution in [0.2, 0.25) is 0 Å². The monoisotopic (exact) mass is 437 g/mol. The molecule has 0 fully saturated rings. The number of nitrogens with one attached hydrogen (secondary N) is 3. The van der Waals surface area contributed by atoms with E-state index in [1.165, 1.54) is 22.3 Å². The molecular formula is C23H27N5O2S. The lowest BCUT2D eigenvalue weighted by atomic mass is 10.1. The normalized spacial score (nSPS) is 12.4. The summed E-state index contributed by atoms with van der Waals surface area (Å²) in [5.74, 6) is 0.677. The van der Waals surface area contributed by atoms with Gasteiger partial charge in [-0.25, -0.2) is 9.97 Å². The lowest BCUT2D eigenvalue weighted by Crippen LogP contribution is -2.37. The van der Waals surface area contributed by atoms with Crippen LogP contribution in [-0.4, -0.2) is 47.2 Å². The number of rotatable bonds is 9. The number of benzene rings is 1. The number of aryl methyl sites for hydroxylation is 1. The molecule has 1 atom stereocenters. The molecule has 0 bridgehead atoms. The van der Waals surface area contributed by atoms with Crippen molar-refractivity contribution in [3.8, 4) is 0 Å². The minimum absolute atomic E-state index is 0.0121. The summed E-state index contributed by atoms with van der Waals surface area (Å²) in [5.41, 5.74) is 3.31. The quantitative estimate of drug-likeness (QED) is 0.363.